The van der Waals surface area contributed by atoms with Crippen LogP contribution >= 0.6 is 0 Å². The third kappa shape index (κ3) is 3.86. The van der Waals surface area contributed by atoms with Crippen LogP contribution in [0.25, 0.3) is 11.2 Å². The first-order valence-corrected chi connectivity index (χ1v) is 9.21. The van der Waals surface area contributed by atoms with Crippen LogP contribution in [0.4, 0.5) is 5.95 Å². The van der Waals surface area contributed by atoms with Gasteiger partial charge in [-0.05, 0) is 17.5 Å². The lowest BCUT2D eigenvalue weighted by Gasteiger charge is -2.08. The molecule has 146 valence electrons. The number of imidazole rings is 1. The lowest BCUT2D eigenvalue weighted by Crippen LogP contribution is -2.29. The molecule has 0 saturated carbocycles. The maximum atomic E-state index is 12.5. The molecule has 2 aromatic carbocycles. The van der Waals surface area contributed by atoms with Gasteiger partial charge in [-0.3, -0.25) is 14.3 Å². The predicted molar refractivity (Wildman–Crippen MR) is 113 cm³/mol. The number of hydrogen-bond donors (Lipinski definition) is 2. The Kier molecular flexibility index (Phi) is 5.07. The molecule has 29 heavy (non-hydrogen) atoms. The summed E-state index contributed by atoms with van der Waals surface area (Å²) in [5.74, 6) is 0.398. The molecule has 0 bridgehead atoms. The van der Waals surface area contributed by atoms with E-state index >= 15 is 0 Å². The van der Waals surface area contributed by atoms with Crippen molar-refractivity contribution in [1.82, 2.24) is 19.1 Å². The highest BCUT2D eigenvalue weighted by Gasteiger charge is 2.17. The summed E-state index contributed by atoms with van der Waals surface area (Å²) in [5.41, 5.74) is 4.65. The first kappa shape index (κ1) is 18.4. The van der Waals surface area contributed by atoms with Crippen LogP contribution in [0, 0.1) is 0 Å². The van der Waals surface area contributed by atoms with Crippen LogP contribution in [0.3, 0.4) is 0 Å². The molecule has 8 nitrogen and oxygen atoms in total. The number of nitrogens with one attached hydrogen (secondary N) is 2. The highest BCUT2D eigenvalue weighted by Crippen LogP contribution is 2.16. The Labute approximate surface area is 166 Å². The summed E-state index contributed by atoms with van der Waals surface area (Å²) in [6, 6.07) is 19.6. The molecule has 2 heterocycles. The van der Waals surface area contributed by atoms with Crippen molar-refractivity contribution >= 4 is 23.3 Å². The number of aromatic amines is 1. The van der Waals surface area contributed by atoms with Gasteiger partial charge in [-0.2, -0.15) is 10.1 Å². The Morgan fingerprint density at radius 3 is 2.48 bits per heavy atom. The van der Waals surface area contributed by atoms with Gasteiger partial charge < -0.3 is 4.57 Å². The van der Waals surface area contributed by atoms with E-state index in [1.165, 1.54) is 4.57 Å². The number of aromatic nitrogens is 4. The highest BCUT2D eigenvalue weighted by molar-refractivity contribution is 5.80. The van der Waals surface area contributed by atoms with E-state index in [0.717, 1.165) is 11.1 Å². The third-order valence-electron chi connectivity index (χ3n) is 4.65. The number of anilines is 1. The summed E-state index contributed by atoms with van der Waals surface area (Å²) >= 11 is 0. The van der Waals surface area contributed by atoms with Crippen molar-refractivity contribution in [3.8, 4) is 0 Å². The number of H-pyrrole nitrogens is 1. The molecule has 0 spiro atoms. The fourth-order valence-electron chi connectivity index (χ4n) is 3.13. The number of hydrogen-bond acceptors (Lipinski definition) is 5. The molecule has 2 N–H and O–H groups in total. The third-order valence-corrected chi connectivity index (χ3v) is 4.65. The van der Waals surface area contributed by atoms with Gasteiger partial charge in [0.25, 0.3) is 5.56 Å². The zero-order valence-electron chi connectivity index (χ0n) is 15.9. The van der Waals surface area contributed by atoms with Gasteiger partial charge in [0, 0.05) is 13.6 Å². The Hall–Kier alpha value is -3.94. The van der Waals surface area contributed by atoms with Gasteiger partial charge in [0.2, 0.25) is 5.95 Å². The molecule has 0 radical (unpaired) electrons. The number of fused-ring (bicyclic) bond motifs is 1. The van der Waals surface area contributed by atoms with Crippen LogP contribution in [-0.4, -0.2) is 25.3 Å². The van der Waals surface area contributed by atoms with E-state index < -0.39 is 11.2 Å². The zero-order valence-corrected chi connectivity index (χ0v) is 15.9. The molecular weight excluding hydrogens is 368 g/mol. The summed E-state index contributed by atoms with van der Waals surface area (Å²) in [7, 11) is 1.58. The largest absolute Gasteiger partial charge is 0.329 e. The Balaban J connectivity index is 1.72. The second-order valence-electron chi connectivity index (χ2n) is 6.59. The van der Waals surface area contributed by atoms with Gasteiger partial charge in [0.15, 0.2) is 11.2 Å². The maximum Gasteiger partial charge on any atom is 0.329 e. The molecule has 0 aliphatic rings. The number of benzene rings is 2. The van der Waals surface area contributed by atoms with E-state index in [4.69, 9.17) is 0 Å². The topological polar surface area (TPSA) is 97.1 Å². The molecule has 0 saturated heterocycles. The molecule has 0 atom stereocenters. The summed E-state index contributed by atoms with van der Waals surface area (Å²) < 4.78 is 3.07. The highest BCUT2D eigenvalue weighted by atomic mass is 16.2. The lowest BCUT2D eigenvalue weighted by molar-refractivity contribution is 0.716. The predicted octanol–water partition coefficient (Wildman–Crippen LogP) is 2.11. The van der Waals surface area contributed by atoms with Crippen LogP contribution in [0.2, 0.25) is 0 Å². The molecule has 0 fully saturated rings. The van der Waals surface area contributed by atoms with Gasteiger partial charge in [0.1, 0.15) is 0 Å². The summed E-state index contributed by atoms with van der Waals surface area (Å²) in [5, 5.41) is 4.25. The van der Waals surface area contributed by atoms with Crippen LogP contribution < -0.4 is 16.7 Å². The smallest absolute Gasteiger partial charge is 0.303 e. The minimum absolute atomic E-state index is 0.309. The van der Waals surface area contributed by atoms with Gasteiger partial charge in [0.05, 0.1) is 6.21 Å². The van der Waals surface area contributed by atoms with Gasteiger partial charge in [-0.25, -0.2) is 10.2 Å². The van der Waals surface area contributed by atoms with Crippen molar-refractivity contribution in [3.63, 3.8) is 0 Å². The molecule has 0 aliphatic carbocycles. The van der Waals surface area contributed by atoms with Crippen molar-refractivity contribution in [2.45, 2.75) is 13.0 Å². The van der Waals surface area contributed by atoms with Gasteiger partial charge in [-0.15, -0.1) is 0 Å². The van der Waals surface area contributed by atoms with E-state index in [0.29, 0.717) is 30.1 Å². The van der Waals surface area contributed by atoms with Crippen molar-refractivity contribution in [2.24, 2.45) is 12.1 Å². The van der Waals surface area contributed by atoms with Crippen LogP contribution in [-0.2, 0) is 20.0 Å². The fourth-order valence-corrected chi connectivity index (χ4v) is 3.13. The molecule has 0 amide bonds. The number of rotatable bonds is 6. The second kappa shape index (κ2) is 7.97. The summed E-state index contributed by atoms with van der Waals surface area (Å²) in [4.78, 5) is 31.3. The SMILES string of the molecule is Cn1c(=O)[nH]c(=O)c2c1nc(N/N=C\c1ccccc1)n2CCc1ccccc1. The molecular formula is C21H20N6O2. The van der Waals surface area contributed by atoms with Crippen LogP contribution in [0.15, 0.2) is 75.4 Å². The Morgan fingerprint density at radius 1 is 1.07 bits per heavy atom. The van der Waals surface area contributed by atoms with Gasteiger partial charge in [-0.1, -0.05) is 60.7 Å². The number of aryl methyl sites for hydroxylation is 3. The first-order valence-electron chi connectivity index (χ1n) is 9.21. The average molecular weight is 388 g/mol. The van der Waals surface area contributed by atoms with Crippen molar-refractivity contribution < 1.29 is 0 Å². The van der Waals surface area contributed by atoms with E-state index in [9.17, 15) is 9.59 Å². The number of hydrazone groups is 1. The average Bonchev–Trinajstić information content (AvgIpc) is 3.11. The molecule has 4 rings (SSSR count). The quantitative estimate of drug-likeness (QED) is 0.390. The van der Waals surface area contributed by atoms with Crippen molar-refractivity contribution in [3.05, 3.63) is 92.6 Å². The van der Waals surface area contributed by atoms with Crippen LogP contribution in [0.5, 0.6) is 0 Å². The Morgan fingerprint density at radius 2 is 1.76 bits per heavy atom. The summed E-state index contributed by atoms with van der Waals surface area (Å²) in [6.45, 7) is 0.505. The molecule has 8 heteroatoms. The molecule has 2 aromatic heterocycles. The minimum Gasteiger partial charge on any atom is -0.303 e. The monoisotopic (exact) mass is 388 g/mol. The minimum atomic E-state index is -0.505. The van der Waals surface area contributed by atoms with Gasteiger partial charge >= 0.3 is 5.69 Å². The fraction of sp³-hybridized carbons (Fsp3) is 0.143. The van der Waals surface area contributed by atoms with Crippen molar-refractivity contribution in [1.29, 1.82) is 0 Å². The maximum absolute atomic E-state index is 12.5. The molecule has 4 aromatic rings. The second-order valence-corrected chi connectivity index (χ2v) is 6.59. The molecule has 0 unspecified atom stereocenters. The van der Waals surface area contributed by atoms with E-state index in [-0.39, 0.29) is 0 Å². The lowest BCUT2D eigenvalue weighted by atomic mass is 10.1. The number of nitrogens with zero attached hydrogens (tertiary/aromatic N) is 4. The van der Waals surface area contributed by atoms with Crippen LogP contribution in [0.1, 0.15) is 11.1 Å². The Bertz CT molecular complexity index is 1270. The zero-order chi connectivity index (χ0) is 20.2. The normalized spacial score (nSPS) is 11.3. The van der Waals surface area contributed by atoms with E-state index in [1.807, 2.05) is 60.7 Å². The summed E-state index contributed by atoms with van der Waals surface area (Å²) in [6.07, 6.45) is 2.37. The first-order chi connectivity index (χ1) is 14.1. The van der Waals surface area contributed by atoms with E-state index in [1.54, 1.807) is 17.8 Å². The molecule has 0 aliphatic heterocycles. The van der Waals surface area contributed by atoms with E-state index in [2.05, 4.69) is 20.5 Å². The van der Waals surface area contributed by atoms with Crippen molar-refractivity contribution in [2.75, 3.05) is 5.43 Å². The standard InChI is InChI=1S/C21H20N6O2/c1-26-18-17(19(28)24-21(26)29)27(13-12-15-8-4-2-5-9-15)20(23-18)25-22-14-16-10-6-3-7-11-16/h2-11,14H,12-13H2,1H3,(H,23,25)(H,24,28,29)/b22-14-.